The third-order valence-electron chi connectivity index (χ3n) is 3.50. The lowest BCUT2D eigenvalue weighted by molar-refractivity contribution is 0.288. The van der Waals surface area contributed by atoms with E-state index in [-0.39, 0.29) is 0 Å². The van der Waals surface area contributed by atoms with E-state index in [0.29, 0.717) is 0 Å². The molecule has 2 rings (SSSR count). The number of halogens is 2. The van der Waals surface area contributed by atoms with Gasteiger partial charge < -0.3 is 10.2 Å². The van der Waals surface area contributed by atoms with Crippen LogP contribution < -0.4 is 5.32 Å². The Labute approximate surface area is 107 Å². The molecule has 0 spiro atoms. The first kappa shape index (κ1) is 13.4. The zero-order valence-electron chi connectivity index (χ0n) is 10.8. The van der Waals surface area contributed by atoms with E-state index in [1.807, 2.05) is 0 Å². The molecule has 1 fully saturated rings. The second-order valence-electron chi connectivity index (χ2n) is 5.12. The van der Waals surface area contributed by atoms with Crippen LogP contribution in [0.4, 0.5) is 8.78 Å². The van der Waals surface area contributed by atoms with Gasteiger partial charge in [0.05, 0.1) is 0 Å². The minimum atomic E-state index is -0.774. The maximum absolute atomic E-state index is 13.0. The first-order chi connectivity index (χ1) is 8.65. The van der Waals surface area contributed by atoms with Crippen molar-refractivity contribution in [3.63, 3.8) is 0 Å². The predicted molar refractivity (Wildman–Crippen MR) is 68.5 cm³/mol. The molecule has 0 saturated carbocycles. The molecule has 1 saturated heterocycles. The topological polar surface area (TPSA) is 15.3 Å². The van der Waals surface area contributed by atoms with Crippen molar-refractivity contribution < 1.29 is 8.78 Å². The lowest BCUT2D eigenvalue weighted by Crippen LogP contribution is -2.28. The highest BCUT2D eigenvalue weighted by molar-refractivity contribution is 5.18. The van der Waals surface area contributed by atoms with Crippen LogP contribution in [0.5, 0.6) is 0 Å². The Morgan fingerprint density at radius 2 is 2.17 bits per heavy atom. The van der Waals surface area contributed by atoms with E-state index in [9.17, 15) is 8.78 Å². The molecule has 1 atom stereocenters. The van der Waals surface area contributed by atoms with E-state index in [1.165, 1.54) is 18.6 Å². The van der Waals surface area contributed by atoms with Crippen LogP contribution in [0.2, 0.25) is 0 Å². The fourth-order valence-electron chi connectivity index (χ4n) is 2.42. The van der Waals surface area contributed by atoms with Crippen LogP contribution in [0.1, 0.15) is 12.0 Å². The molecule has 0 aliphatic carbocycles. The molecule has 4 heteroatoms. The molecule has 1 aliphatic heterocycles. The summed E-state index contributed by atoms with van der Waals surface area (Å²) in [5.74, 6) is -0.806. The van der Waals surface area contributed by atoms with Crippen molar-refractivity contribution in [1.29, 1.82) is 0 Å². The first-order valence-electron chi connectivity index (χ1n) is 6.48. The molecular formula is C14H20F2N2. The maximum Gasteiger partial charge on any atom is 0.159 e. The number of nitrogens with one attached hydrogen (secondary N) is 1. The Morgan fingerprint density at radius 3 is 2.83 bits per heavy atom. The average molecular weight is 254 g/mol. The molecule has 1 aromatic carbocycles. The molecule has 2 nitrogen and oxygen atoms in total. The van der Waals surface area contributed by atoms with Crippen LogP contribution >= 0.6 is 0 Å². The number of nitrogens with zero attached hydrogens (tertiary/aromatic N) is 1. The number of hydrogen-bond acceptors (Lipinski definition) is 2. The van der Waals surface area contributed by atoms with E-state index >= 15 is 0 Å². The minimum Gasteiger partial charge on any atom is -0.316 e. The second kappa shape index (κ2) is 6.25. The van der Waals surface area contributed by atoms with Crippen LogP contribution in [0.25, 0.3) is 0 Å². The van der Waals surface area contributed by atoms with Crippen molar-refractivity contribution in [1.82, 2.24) is 10.2 Å². The number of benzene rings is 1. The fourth-order valence-corrected chi connectivity index (χ4v) is 2.42. The van der Waals surface area contributed by atoms with Gasteiger partial charge in [-0.25, -0.2) is 8.78 Å². The summed E-state index contributed by atoms with van der Waals surface area (Å²) >= 11 is 0. The van der Waals surface area contributed by atoms with Gasteiger partial charge in [0.25, 0.3) is 0 Å². The normalized spacial score (nSPS) is 19.7. The third-order valence-corrected chi connectivity index (χ3v) is 3.50. The van der Waals surface area contributed by atoms with E-state index in [4.69, 9.17) is 0 Å². The summed E-state index contributed by atoms with van der Waals surface area (Å²) in [7, 11) is 2.08. The minimum absolute atomic E-state index is 0.722. The Bertz CT molecular complexity index is 389. The Morgan fingerprint density at radius 1 is 1.33 bits per heavy atom. The summed E-state index contributed by atoms with van der Waals surface area (Å²) < 4.78 is 25.8. The number of hydrogen-bond donors (Lipinski definition) is 1. The van der Waals surface area contributed by atoms with Crippen LogP contribution in [0, 0.1) is 17.6 Å². The average Bonchev–Trinajstić information content (AvgIpc) is 2.83. The standard InChI is InChI=1S/C14H20F2N2/c1-18(10-12-4-6-17-9-12)7-5-11-2-3-13(15)14(16)8-11/h2-3,8,12,17H,4-7,9-10H2,1H3. The third kappa shape index (κ3) is 3.75. The van der Waals surface area contributed by atoms with Crippen molar-refractivity contribution in [3.05, 3.63) is 35.4 Å². The highest BCUT2D eigenvalue weighted by Gasteiger charge is 2.16. The fraction of sp³-hybridized carbons (Fsp3) is 0.571. The lowest BCUT2D eigenvalue weighted by Gasteiger charge is -2.20. The van der Waals surface area contributed by atoms with Gasteiger partial charge in [-0.15, -0.1) is 0 Å². The number of rotatable bonds is 5. The van der Waals surface area contributed by atoms with Crippen LogP contribution in [0.15, 0.2) is 18.2 Å². The molecule has 0 amide bonds. The van der Waals surface area contributed by atoms with Crippen LogP contribution in [-0.2, 0) is 6.42 Å². The molecule has 1 aliphatic rings. The lowest BCUT2D eigenvalue weighted by atomic mass is 10.1. The van der Waals surface area contributed by atoms with Crippen LogP contribution in [0.3, 0.4) is 0 Å². The predicted octanol–water partition coefficient (Wildman–Crippen LogP) is 2.05. The Balaban J connectivity index is 1.77. The largest absolute Gasteiger partial charge is 0.316 e. The molecule has 100 valence electrons. The van der Waals surface area contributed by atoms with Gasteiger partial charge in [-0.1, -0.05) is 6.07 Å². The van der Waals surface area contributed by atoms with Gasteiger partial charge in [0.15, 0.2) is 11.6 Å². The zero-order valence-corrected chi connectivity index (χ0v) is 10.8. The molecular weight excluding hydrogens is 234 g/mol. The highest BCUT2D eigenvalue weighted by atomic mass is 19.2. The summed E-state index contributed by atoms with van der Waals surface area (Å²) in [6.45, 7) is 4.15. The van der Waals surface area contributed by atoms with Gasteiger partial charge in [0.2, 0.25) is 0 Å². The molecule has 18 heavy (non-hydrogen) atoms. The second-order valence-corrected chi connectivity index (χ2v) is 5.12. The molecule has 1 heterocycles. The summed E-state index contributed by atoms with van der Waals surface area (Å²) in [4.78, 5) is 2.26. The van der Waals surface area contributed by atoms with Gasteiger partial charge in [0.1, 0.15) is 0 Å². The van der Waals surface area contributed by atoms with Crippen molar-refractivity contribution in [3.8, 4) is 0 Å². The summed E-state index contributed by atoms with van der Waals surface area (Å²) in [5, 5.41) is 3.35. The van der Waals surface area contributed by atoms with E-state index in [0.717, 1.165) is 44.1 Å². The molecule has 0 radical (unpaired) electrons. The Hall–Kier alpha value is -1.00. The summed E-state index contributed by atoms with van der Waals surface area (Å²) in [6, 6.07) is 4.15. The summed E-state index contributed by atoms with van der Waals surface area (Å²) in [6.07, 6.45) is 1.99. The zero-order chi connectivity index (χ0) is 13.0. The first-order valence-corrected chi connectivity index (χ1v) is 6.48. The van der Waals surface area contributed by atoms with Crippen molar-refractivity contribution in [2.75, 3.05) is 33.2 Å². The van der Waals surface area contributed by atoms with E-state index in [2.05, 4.69) is 17.3 Å². The molecule has 0 bridgehead atoms. The monoisotopic (exact) mass is 254 g/mol. The molecule has 1 unspecified atom stereocenters. The van der Waals surface area contributed by atoms with Crippen LogP contribution in [-0.4, -0.2) is 38.1 Å². The van der Waals surface area contributed by atoms with Gasteiger partial charge in [-0.2, -0.15) is 0 Å². The SMILES string of the molecule is CN(CCc1ccc(F)c(F)c1)CC1CCNC1. The maximum atomic E-state index is 13.0. The number of likely N-dealkylation sites (N-methyl/N-ethyl adjacent to an activating group) is 1. The van der Waals surface area contributed by atoms with Gasteiger partial charge >= 0.3 is 0 Å². The molecule has 1 aromatic rings. The van der Waals surface area contributed by atoms with Gasteiger partial charge in [-0.05, 0) is 56.6 Å². The van der Waals surface area contributed by atoms with Gasteiger partial charge in [-0.3, -0.25) is 0 Å². The smallest absolute Gasteiger partial charge is 0.159 e. The highest BCUT2D eigenvalue weighted by Crippen LogP contribution is 2.11. The van der Waals surface area contributed by atoms with Crippen molar-refractivity contribution in [2.45, 2.75) is 12.8 Å². The Kier molecular flexibility index (Phi) is 4.66. The quantitative estimate of drug-likeness (QED) is 0.865. The molecule has 1 N–H and O–H groups in total. The van der Waals surface area contributed by atoms with E-state index in [1.54, 1.807) is 6.07 Å². The van der Waals surface area contributed by atoms with Gasteiger partial charge in [0, 0.05) is 13.1 Å². The van der Waals surface area contributed by atoms with Crippen molar-refractivity contribution in [2.24, 2.45) is 5.92 Å². The van der Waals surface area contributed by atoms with Crippen molar-refractivity contribution >= 4 is 0 Å². The summed E-state index contributed by atoms with van der Waals surface area (Å²) in [5.41, 5.74) is 0.852. The van der Waals surface area contributed by atoms with E-state index < -0.39 is 11.6 Å². The molecule has 0 aromatic heterocycles.